The number of ether oxygens (including phenoxy) is 4. The third-order valence-corrected chi connectivity index (χ3v) is 3.03. The molecule has 0 bridgehead atoms. The van der Waals surface area contributed by atoms with E-state index in [0.29, 0.717) is 6.61 Å². The van der Waals surface area contributed by atoms with Gasteiger partial charge < -0.3 is 18.9 Å². The van der Waals surface area contributed by atoms with Gasteiger partial charge in [-0.25, -0.2) is 0 Å². The largest absolute Gasteiger partial charge is 0.468 e. The second-order valence-corrected chi connectivity index (χ2v) is 4.44. The van der Waals surface area contributed by atoms with Crippen LogP contribution in [0.3, 0.4) is 0 Å². The number of methoxy groups -OCH3 is 2. The van der Waals surface area contributed by atoms with Gasteiger partial charge in [-0.3, -0.25) is 9.59 Å². The maximum absolute atomic E-state index is 11.4. The summed E-state index contributed by atoms with van der Waals surface area (Å²) in [5.41, 5.74) is 0. The molecule has 1 saturated heterocycles. The molecule has 0 aromatic heterocycles. The first-order valence-electron chi connectivity index (χ1n) is 6.73. The van der Waals surface area contributed by atoms with Crippen LogP contribution < -0.4 is 0 Å². The Kier molecular flexibility index (Phi) is 7.91. The zero-order valence-corrected chi connectivity index (χ0v) is 12.0. The zero-order chi connectivity index (χ0) is 14.8. The molecule has 0 aromatic rings. The SMILES string of the molecule is COC(=O)C(C/C=C\COC1CCCCO1)C(=O)OC. The van der Waals surface area contributed by atoms with Crippen molar-refractivity contribution in [1.82, 2.24) is 0 Å². The molecular formula is C14H22O6. The number of hydrogen-bond acceptors (Lipinski definition) is 6. The summed E-state index contributed by atoms with van der Waals surface area (Å²) in [6, 6.07) is 0. The molecule has 1 atom stereocenters. The van der Waals surface area contributed by atoms with E-state index >= 15 is 0 Å². The van der Waals surface area contributed by atoms with Gasteiger partial charge in [0.2, 0.25) is 0 Å². The van der Waals surface area contributed by atoms with Gasteiger partial charge in [-0.15, -0.1) is 0 Å². The lowest BCUT2D eigenvalue weighted by Crippen LogP contribution is -2.26. The van der Waals surface area contributed by atoms with Crippen LogP contribution in [-0.2, 0) is 28.5 Å². The van der Waals surface area contributed by atoms with Crippen LogP contribution in [-0.4, -0.2) is 45.7 Å². The summed E-state index contributed by atoms with van der Waals surface area (Å²) in [6.07, 6.45) is 6.65. The van der Waals surface area contributed by atoms with E-state index in [1.54, 1.807) is 12.2 Å². The second-order valence-electron chi connectivity index (χ2n) is 4.44. The fraction of sp³-hybridized carbons (Fsp3) is 0.714. The highest BCUT2D eigenvalue weighted by atomic mass is 16.7. The normalized spacial score (nSPS) is 19.2. The lowest BCUT2D eigenvalue weighted by atomic mass is 10.1. The number of carbonyl (C=O) groups is 2. The van der Waals surface area contributed by atoms with Crippen LogP contribution in [0.1, 0.15) is 25.7 Å². The van der Waals surface area contributed by atoms with Gasteiger partial charge in [0, 0.05) is 6.61 Å². The molecule has 0 N–H and O–H groups in total. The first-order valence-corrected chi connectivity index (χ1v) is 6.73. The van der Waals surface area contributed by atoms with Gasteiger partial charge in [-0.2, -0.15) is 0 Å². The van der Waals surface area contributed by atoms with Gasteiger partial charge in [-0.05, 0) is 25.7 Å². The van der Waals surface area contributed by atoms with Crippen molar-refractivity contribution in [2.75, 3.05) is 27.4 Å². The Morgan fingerprint density at radius 1 is 1.20 bits per heavy atom. The number of hydrogen-bond donors (Lipinski definition) is 0. The van der Waals surface area contributed by atoms with Gasteiger partial charge in [0.25, 0.3) is 0 Å². The first-order chi connectivity index (χ1) is 9.69. The third-order valence-electron chi connectivity index (χ3n) is 3.03. The molecule has 0 radical (unpaired) electrons. The summed E-state index contributed by atoms with van der Waals surface area (Å²) < 4.78 is 20.0. The van der Waals surface area contributed by atoms with E-state index in [0.717, 1.165) is 25.9 Å². The maximum Gasteiger partial charge on any atom is 0.320 e. The van der Waals surface area contributed by atoms with Crippen molar-refractivity contribution in [2.45, 2.75) is 32.0 Å². The van der Waals surface area contributed by atoms with Gasteiger partial charge >= 0.3 is 11.9 Å². The highest BCUT2D eigenvalue weighted by Gasteiger charge is 2.27. The minimum atomic E-state index is -0.924. The predicted molar refractivity (Wildman–Crippen MR) is 70.8 cm³/mol. The van der Waals surface area contributed by atoms with E-state index in [1.807, 2.05) is 0 Å². The molecule has 1 rings (SSSR count). The Balaban J connectivity index is 2.29. The van der Waals surface area contributed by atoms with Gasteiger partial charge in [-0.1, -0.05) is 12.2 Å². The van der Waals surface area contributed by atoms with E-state index in [-0.39, 0.29) is 12.7 Å². The predicted octanol–water partition coefficient (Wildman–Crippen LogP) is 1.44. The monoisotopic (exact) mass is 286 g/mol. The number of allylic oxidation sites excluding steroid dienone is 1. The second kappa shape index (κ2) is 9.50. The summed E-state index contributed by atoms with van der Waals surface area (Å²) in [6.45, 7) is 1.13. The van der Waals surface area contributed by atoms with Crippen molar-refractivity contribution in [3.8, 4) is 0 Å². The van der Waals surface area contributed by atoms with E-state index in [4.69, 9.17) is 9.47 Å². The highest BCUT2D eigenvalue weighted by molar-refractivity contribution is 5.94. The molecule has 0 aliphatic carbocycles. The minimum Gasteiger partial charge on any atom is -0.468 e. The van der Waals surface area contributed by atoms with Crippen LogP contribution in [0.15, 0.2) is 12.2 Å². The molecular weight excluding hydrogens is 264 g/mol. The molecule has 0 aromatic carbocycles. The Morgan fingerprint density at radius 3 is 2.45 bits per heavy atom. The number of carbonyl (C=O) groups excluding carboxylic acids is 2. The topological polar surface area (TPSA) is 71.1 Å². The molecule has 0 amide bonds. The molecule has 1 unspecified atom stereocenters. The molecule has 1 fully saturated rings. The molecule has 0 saturated carbocycles. The average molecular weight is 286 g/mol. The molecule has 1 aliphatic heterocycles. The van der Waals surface area contributed by atoms with Crippen LogP contribution in [0.25, 0.3) is 0 Å². The van der Waals surface area contributed by atoms with E-state index < -0.39 is 17.9 Å². The van der Waals surface area contributed by atoms with Crippen LogP contribution in [0, 0.1) is 5.92 Å². The van der Waals surface area contributed by atoms with E-state index in [9.17, 15) is 9.59 Å². The summed E-state index contributed by atoms with van der Waals surface area (Å²) in [4.78, 5) is 22.8. The van der Waals surface area contributed by atoms with E-state index in [1.165, 1.54) is 14.2 Å². The fourth-order valence-electron chi connectivity index (χ4n) is 1.88. The fourth-order valence-corrected chi connectivity index (χ4v) is 1.88. The minimum absolute atomic E-state index is 0.148. The molecule has 1 heterocycles. The summed E-state index contributed by atoms with van der Waals surface area (Å²) in [5, 5.41) is 0. The highest BCUT2D eigenvalue weighted by Crippen LogP contribution is 2.14. The standard InChI is InChI=1S/C14H22O6/c1-17-13(15)11(14(16)18-2)7-3-5-9-19-12-8-4-6-10-20-12/h3,5,11-12H,4,6-10H2,1-2H3/b5-3-. The number of rotatable bonds is 7. The van der Waals surface area contributed by atoms with Crippen molar-refractivity contribution in [1.29, 1.82) is 0 Å². The first kappa shape index (κ1) is 16.7. The summed E-state index contributed by atoms with van der Waals surface area (Å²) in [7, 11) is 2.48. The van der Waals surface area contributed by atoms with E-state index in [2.05, 4.69) is 9.47 Å². The van der Waals surface area contributed by atoms with Crippen molar-refractivity contribution in [3.05, 3.63) is 12.2 Å². The van der Waals surface area contributed by atoms with Gasteiger partial charge in [0.15, 0.2) is 12.2 Å². The Labute approximate surface area is 119 Å². The smallest absolute Gasteiger partial charge is 0.320 e. The molecule has 114 valence electrons. The van der Waals surface area contributed by atoms with Crippen molar-refractivity contribution in [3.63, 3.8) is 0 Å². The van der Waals surface area contributed by atoms with Crippen LogP contribution in [0.2, 0.25) is 0 Å². The van der Waals surface area contributed by atoms with Crippen LogP contribution in [0.4, 0.5) is 0 Å². The lowest BCUT2D eigenvalue weighted by Gasteiger charge is -2.21. The maximum atomic E-state index is 11.4. The quantitative estimate of drug-likeness (QED) is 0.400. The summed E-state index contributed by atoms with van der Waals surface area (Å²) >= 11 is 0. The molecule has 1 aliphatic rings. The average Bonchev–Trinajstić information content (AvgIpc) is 2.50. The Hall–Kier alpha value is -1.40. The molecule has 6 heteroatoms. The van der Waals surface area contributed by atoms with Gasteiger partial charge in [0.05, 0.1) is 20.8 Å². The van der Waals surface area contributed by atoms with Crippen molar-refractivity contribution >= 4 is 11.9 Å². The molecule has 0 spiro atoms. The van der Waals surface area contributed by atoms with Crippen molar-refractivity contribution in [2.24, 2.45) is 5.92 Å². The zero-order valence-electron chi connectivity index (χ0n) is 12.0. The van der Waals surface area contributed by atoms with Crippen LogP contribution in [0.5, 0.6) is 0 Å². The Morgan fingerprint density at radius 2 is 1.90 bits per heavy atom. The van der Waals surface area contributed by atoms with Crippen molar-refractivity contribution < 1.29 is 28.5 Å². The number of esters is 2. The third kappa shape index (κ3) is 5.71. The Bertz CT molecular complexity index is 317. The molecule has 20 heavy (non-hydrogen) atoms. The summed E-state index contributed by atoms with van der Waals surface area (Å²) in [5.74, 6) is -2.12. The van der Waals surface area contributed by atoms with Gasteiger partial charge in [0.1, 0.15) is 0 Å². The lowest BCUT2D eigenvalue weighted by molar-refractivity contribution is -0.158. The van der Waals surface area contributed by atoms with Crippen LogP contribution >= 0.6 is 0 Å². The molecule has 6 nitrogen and oxygen atoms in total.